The smallest absolute Gasteiger partial charge is 0.256 e. The number of sulfonamides is 1. The number of ether oxygens (including phenoxy) is 1. The van der Waals surface area contributed by atoms with Gasteiger partial charge in [-0.05, 0) is 42.8 Å². The summed E-state index contributed by atoms with van der Waals surface area (Å²) in [6.45, 7) is 1.00. The van der Waals surface area contributed by atoms with E-state index in [1.165, 1.54) is 17.9 Å². The fourth-order valence-electron chi connectivity index (χ4n) is 3.28. The molecule has 10 heteroatoms. The molecule has 9 nitrogen and oxygen atoms in total. The summed E-state index contributed by atoms with van der Waals surface area (Å²) < 4.78 is 29.5. The van der Waals surface area contributed by atoms with E-state index in [-0.39, 0.29) is 29.8 Å². The average molecular weight is 481 g/mol. The van der Waals surface area contributed by atoms with Crippen LogP contribution in [0.25, 0.3) is 11.1 Å². The van der Waals surface area contributed by atoms with Crippen molar-refractivity contribution in [2.45, 2.75) is 11.8 Å². The number of nitrogen functional groups attached to an aromatic ring is 1. The molecule has 0 fully saturated rings. The van der Waals surface area contributed by atoms with Gasteiger partial charge in [0.15, 0.2) is 6.73 Å². The Morgan fingerprint density at radius 3 is 2.26 bits per heavy atom. The zero-order valence-electron chi connectivity index (χ0n) is 18.4. The van der Waals surface area contributed by atoms with Crippen LogP contribution in [0.2, 0.25) is 0 Å². The van der Waals surface area contributed by atoms with E-state index in [1.54, 1.807) is 66.7 Å². The largest absolute Gasteiger partial charge is 0.473 e. The second kappa shape index (κ2) is 10.3. The second-order valence-electron chi connectivity index (χ2n) is 7.54. The number of amidine groups is 1. The van der Waals surface area contributed by atoms with Gasteiger partial charge in [0.2, 0.25) is 10.0 Å². The lowest BCUT2D eigenvalue weighted by atomic mass is 10.0. The Labute approximate surface area is 197 Å². The number of hydrogen-bond acceptors (Lipinski definition) is 6. The van der Waals surface area contributed by atoms with E-state index in [4.69, 9.17) is 21.0 Å². The highest BCUT2D eigenvalue weighted by molar-refractivity contribution is 7.89. The van der Waals surface area contributed by atoms with Gasteiger partial charge in [-0.1, -0.05) is 42.5 Å². The van der Waals surface area contributed by atoms with Gasteiger partial charge in [0, 0.05) is 16.7 Å². The monoisotopic (exact) mass is 480 g/mol. The molecule has 0 saturated heterocycles. The van der Waals surface area contributed by atoms with E-state index < -0.39 is 15.9 Å². The number of hydrogen-bond donors (Lipinski definition) is 3. The van der Waals surface area contributed by atoms with Crippen LogP contribution in [-0.4, -0.2) is 44.1 Å². The minimum absolute atomic E-state index is 0.0199. The summed E-state index contributed by atoms with van der Waals surface area (Å²) >= 11 is 0. The number of benzene rings is 3. The van der Waals surface area contributed by atoms with Gasteiger partial charge in [-0.2, -0.15) is 0 Å². The van der Waals surface area contributed by atoms with Crippen molar-refractivity contribution in [1.29, 1.82) is 5.41 Å². The molecule has 0 aliphatic heterocycles. The van der Waals surface area contributed by atoms with Gasteiger partial charge in [0.1, 0.15) is 17.4 Å². The maximum absolute atomic E-state index is 13.1. The van der Waals surface area contributed by atoms with Crippen molar-refractivity contribution < 1.29 is 22.7 Å². The van der Waals surface area contributed by atoms with Crippen molar-refractivity contribution in [2.24, 2.45) is 10.9 Å². The van der Waals surface area contributed by atoms with Crippen LogP contribution >= 0.6 is 0 Å². The third kappa shape index (κ3) is 6.06. The summed E-state index contributed by atoms with van der Waals surface area (Å²) in [5.41, 5.74) is 7.24. The molecule has 0 bridgehead atoms. The molecule has 3 aromatic carbocycles. The number of nitrogens with one attached hydrogen (secondary N) is 1. The van der Waals surface area contributed by atoms with Crippen molar-refractivity contribution in [1.82, 2.24) is 4.90 Å². The van der Waals surface area contributed by atoms with Crippen LogP contribution in [-0.2, 0) is 14.8 Å². The Bertz CT molecular complexity index is 1340. The molecule has 0 aromatic heterocycles. The van der Waals surface area contributed by atoms with Crippen LogP contribution in [0.4, 0.5) is 0 Å². The van der Waals surface area contributed by atoms with Crippen molar-refractivity contribution >= 4 is 27.5 Å². The van der Waals surface area contributed by atoms with Crippen molar-refractivity contribution in [3.05, 3.63) is 83.9 Å². The van der Waals surface area contributed by atoms with E-state index in [9.17, 15) is 18.0 Å². The lowest BCUT2D eigenvalue weighted by Gasteiger charge is -2.22. The molecule has 5 N–H and O–H groups in total. The average Bonchev–Trinajstić information content (AvgIpc) is 2.81. The van der Waals surface area contributed by atoms with Gasteiger partial charge in [-0.25, -0.2) is 13.6 Å². The third-order valence-corrected chi connectivity index (χ3v) is 5.84. The van der Waals surface area contributed by atoms with Crippen LogP contribution < -0.4 is 15.6 Å². The molecule has 0 atom stereocenters. The van der Waals surface area contributed by atoms with Crippen molar-refractivity contribution in [2.75, 3.05) is 13.3 Å². The summed E-state index contributed by atoms with van der Waals surface area (Å²) in [5.74, 6) is -0.396. The van der Waals surface area contributed by atoms with E-state index >= 15 is 0 Å². The van der Waals surface area contributed by atoms with Crippen molar-refractivity contribution in [3.63, 3.8) is 0 Å². The van der Waals surface area contributed by atoms with Crippen LogP contribution in [0.1, 0.15) is 22.8 Å². The first-order valence-corrected chi connectivity index (χ1v) is 11.7. The summed E-state index contributed by atoms with van der Waals surface area (Å²) in [7, 11) is -3.93. The normalized spacial score (nSPS) is 11.0. The molecule has 0 radical (unpaired) electrons. The molecular formula is C24H24N4O5S. The third-order valence-electron chi connectivity index (χ3n) is 4.87. The van der Waals surface area contributed by atoms with Gasteiger partial charge < -0.3 is 10.5 Å². The SMILES string of the molecule is CC(=O)CN(COc1cccc(C(=N)N)c1)C(=O)c1ccc(-c2ccccc2S(N)(=O)=O)cc1. The van der Waals surface area contributed by atoms with Crippen LogP contribution in [0, 0.1) is 5.41 Å². The highest BCUT2D eigenvalue weighted by Gasteiger charge is 2.19. The van der Waals surface area contributed by atoms with Gasteiger partial charge >= 0.3 is 0 Å². The number of amides is 1. The standard InChI is InChI=1S/C24H24N4O5S/c1-16(29)14-28(15-33-20-6-4-5-19(13-20)23(25)26)24(30)18-11-9-17(10-12-18)21-7-2-3-8-22(21)34(27,31)32/h2-13H,14-15H2,1H3,(H3,25,26)(H2,27,31,32). The molecular weight excluding hydrogens is 456 g/mol. The van der Waals surface area contributed by atoms with E-state index in [0.29, 0.717) is 28.0 Å². The molecule has 176 valence electrons. The molecule has 0 aliphatic carbocycles. The maximum atomic E-state index is 13.1. The van der Waals surface area contributed by atoms with E-state index in [2.05, 4.69) is 0 Å². The van der Waals surface area contributed by atoms with Gasteiger partial charge in [0.05, 0.1) is 11.4 Å². The Hall–Kier alpha value is -4.02. The number of Topliss-reactive ketones (excluding diaryl/α,β-unsaturated/α-hetero) is 1. The van der Waals surface area contributed by atoms with Gasteiger partial charge in [-0.15, -0.1) is 0 Å². The first-order valence-electron chi connectivity index (χ1n) is 10.1. The van der Waals surface area contributed by atoms with Crippen LogP contribution in [0.3, 0.4) is 0 Å². The maximum Gasteiger partial charge on any atom is 0.256 e. The van der Waals surface area contributed by atoms with E-state index in [0.717, 1.165) is 0 Å². The van der Waals surface area contributed by atoms with Gasteiger partial charge in [0.25, 0.3) is 5.91 Å². The summed E-state index contributed by atoms with van der Waals surface area (Å²) in [6, 6.07) is 19.2. The predicted molar refractivity (Wildman–Crippen MR) is 128 cm³/mol. The fourth-order valence-corrected chi connectivity index (χ4v) is 4.04. The number of nitrogens with zero attached hydrogens (tertiary/aromatic N) is 1. The molecule has 0 heterocycles. The molecule has 0 aliphatic rings. The highest BCUT2D eigenvalue weighted by Crippen LogP contribution is 2.27. The quantitative estimate of drug-likeness (QED) is 0.242. The van der Waals surface area contributed by atoms with Gasteiger partial charge in [-0.3, -0.25) is 19.9 Å². The second-order valence-corrected chi connectivity index (χ2v) is 9.07. The van der Waals surface area contributed by atoms with Crippen LogP contribution in [0.5, 0.6) is 5.75 Å². The zero-order chi connectivity index (χ0) is 24.9. The predicted octanol–water partition coefficient (Wildman–Crippen LogP) is 2.35. The summed E-state index contributed by atoms with van der Waals surface area (Å²) in [6.07, 6.45) is 0. The Kier molecular flexibility index (Phi) is 7.44. The van der Waals surface area contributed by atoms with Crippen LogP contribution in [0.15, 0.2) is 77.7 Å². The number of rotatable bonds is 9. The number of nitrogens with two attached hydrogens (primary N) is 2. The number of carbonyl (C=O) groups is 2. The fraction of sp³-hybridized carbons (Fsp3) is 0.125. The molecule has 34 heavy (non-hydrogen) atoms. The lowest BCUT2D eigenvalue weighted by Crippen LogP contribution is -2.38. The molecule has 0 spiro atoms. The lowest BCUT2D eigenvalue weighted by molar-refractivity contribution is -0.118. The highest BCUT2D eigenvalue weighted by atomic mass is 32.2. The molecule has 1 amide bonds. The van der Waals surface area contributed by atoms with Crippen molar-refractivity contribution in [3.8, 4) is 16.9 Å². The minimum atomic E-state index is -3.93. The summed E-state index contributed by atoms with van der Waals surface area (Å²) in [4.78, 5) is 26.1. The first kappa shape index (κ1) is 24.6. The molecule has 3 aromatic rings. The Morgan fingerprint density at radius 1 is 0.971 bits per heavy atom. The Balaban J connectivity index is 1.82. The number of primary sulfonamides is 1. The molecule has 0 saturated carbocycles. The molecule has 0 unspecified atom stereocenters. The summed E-state index contributed by atoms with van der Waals surface area (Å²) in [5, 5.41) is 12.8. The number of carbonyl (C=O) groups excluding carboxylic acids is 2. The molecule has 3 rings (SSSR count). The van der Waals surface area contributed by atoms with E-state index in [1.807, 2.05) is 0 Å². The first-order chi connectivity index (χ1) is 16.1. The minimum Gasteiger partial charge on any atom is -0.473 e. The number of ketones is 1. The topological polar surface area (TPSA) is 157 Å². The zero-order valence-corrected chi connectivity index (χ0v) is 19.2. The Morgan fingerprint density at radius 2 is 1.65 bits per heavy atom.